The normalized spacial score (nSPS) is 10.7. The Morgan fingerprint density at radius 1 is 0.926 bits per heavy atom. The Labute approximate surface area is 156 Å². The molecule has 0 amide bonds. The van der Waals surface area contributed by atoms with Crippen molar-refractivity contribution in [2.45, 2.75) is 6.92 Å². The van der Waals surface area contributed by atoms with Crippen molar-refractivity contribution in [3.63, 3.8) is 0 Å². The number of hydrogen-bond acceptors (Lipinski definition) is 4. The van der Waals surface area contributed by atoms with E-state index in [0.717, 1.165) is 16.6 Å². The Kier molecular flexibility index (Phi) is 4.30. The fourth-order valence-electron chi connectivity index (χ4n) is 2.70. The first-order chi connectivity index (χ1) is 13.1. The summed E-state index contributed by atoms with van der Waals surface area (Å²) in [6, 6.07) is 21.9. The number of carbonyl (C=O) groups is 1. The number of ether oxygens (including phenoxy) is 1. The van der Waals surface area contributed by atoms with Gasteiger partial charge in [0.25, 0.3) is 0 Å². The fraction of sp³-hybridized carbons (Fsp3) is 0.0435. The van der Waals surface area contributed by atoms with E-state index in [2.05, 4.69) is 11.6 Å². The highest BCUT2D eigenvalue weighted by molar-refractivity contribution is 5.91. The van der Waals surface area contributed by atoms with Crippen LogP contribution >= 0.6 is 0 Å². The Morgan fingerprint density at radius 3 is 2.30 bits per heavy atom. The van der Waals surface area contributed by atoms with Gasteiger partial charge >= 0.3 is 5.97 Å². The van der Waals surface area contributed by atoms with Gasteiger partial charge in [-0.05, 0) is 48.9 Å². The predicted molar refractivity (Wildman–Crippen MR) is 105 cm³/mol. The number of aryl methyl sites for hydroxylation is 1. The maximum Gasteiger partial charge on any atom is 0.343 e. The molecule has 4 heteroatoms. The molecule has 27 heavy (non-hydrogen) atoms. The monoisotopic (exact) mass is 355 g/mol. The number of hydrogen-bond donors (Lipinski definition) is 0. The lowest BCUT2D eigenvalue weighted by molar-refractivity contribution is 0.0734. The molecule has 0 atom stereocenters. The Bertz CT molecular complexity index is 1090. The molecule has 0 unspecified atom stereocenters. The van der Waals surface area contributed by atoms with Gasteiger partial charge in [-0.3, -0.25) is 0 Å². The van der Waals surface area contributed by atoms with Gasteiger partial charge in [0.2, 0.25) is 5.89 Å². The van der Waals surface area contributed by atoms with Gasteiger partial charge in [0.1, 0.15) is 11.3 Å². The average Bonchev–Trinajstić information content (AvgIpc) is 3.13. The van der Waals surface area contributed by atoms with E-state index < -0.39 is 5.97 Å². The van der Waals surface area contributed by atoms with Crippen LogP contribution in [0.15, 0.2) is 83.8 Å². The lowest BCUT2D eigenvalue weighted by atomic mass is 10.1. The first-order valence-electron chi connectivity index (χ1n) is 8.54. The van der Waals surface area contributed by atoms with E-state index in [1.807, 2.05) is 55.5 Å². The van der Waals surface area contributed by atoms with Crippen LogP contribution in [0.5, 0.6) is 5.75 Å². The molecule has 0 fully saturated rings. The van der Waals surface area contributed by atoms with Crippen LogP contribution in [0.2, 0.25) is 0 Å². The van der Waals surface area contributed by atoms with Gasteiger partial charge < -0.3 is 9.15 Å². The van der Waals surface area contributed by atoms with Crippen LogP contribution in [-0.2, 0) is 0 Å². The molecule has 0 aliphatic heterocycles. The maximum absolute atomic E-state index is 12.3. The fourth-order valence-corrected chi connectivity index (χ4v) is 2.70. The van der Waals surface area contributed by atoms with Gasteiger partial charge in [0.15, 0.2) is 5.58 Å². The largest absolute Gasteiger partial charge is 0.436 e. The van der Waals surface area contributed by atoms with Crippen molar-refractivity contribution in [1.29, 1.82) is 0 Å². The van der Waals surface area contributed by atoms with E-state index in [-0.39, 0.29) is 0 Å². The summed E-state index contributed by atoms with van der Waals surface area (Å²) in [4.78, 5) is 16.7. The number of nitrogens with zero attached hydrogens (tertiary/aromatic N) is 1. The highest BCUT2D eigenvalue weighted by Gasteiger charge is 2.13. The Hall–Kier alpha value is -3.66. The van der Waals surface area contributed by atoms with Crippen LogP contribution < -0.4 is 4.74 Å². The first kappa shape index (κ1) is 16.8. The molecule has 0 N–H and O–H groups in total. The summed E-state index contributed by atoms with van der Waals surface area (Å²) < 4.78 is 11.1. The minimum Gasteiger partial charge on any atom is -0.436 e. The summed E-state index contributed by atoms with van der Waals surface area (Å²) >= 11 is 0. The zero-order chi connectivity index (χ0) is 18.8. The predicted octanol–water partition coefficient (Wildman–Crippen LogP) is 5.42. The maximum atomic E-state index is 12.3. The molecule has 132 valence electrons. The third-order valence-electron chi connectivity index (χ3n) is 4.25. The van der Waals surface area contributed by atoms with Crippen molar-refractivity contribution in [3.8, 4) is 5.75 Å². The minimum atomic E-state index is -0.405. The molecule has 4 aromatic rings. The smallest absolute Gasteiger partial charge is 0.343 e. The second kappa shape index (κ2) is 6.92. The van der Waals surface area contributed by atoms with Crippen molar-refractivity contribution in [3.05, 3.63) is 102 Å². The van der Waals surface area contributed by atoms with Crippen LogP contribution in [0.3, 0.4) is 0 Å². The standard InChI is InChI=1S/C23H17NO3/c1-15-7-13-19(14-8-15)26-23(25)18-11-9-17(10-12-18)16(2)22-24-20-5-3-4-6-21(20)27-22/h3-14H,2H2,1H3. The van der Waals surface area contributed by atoms with E-state index in [9.17, 15) is 4.79 Å². The summed E-state index contributed by atoms with van der Waals surface area (Å²) in [6.45, 7) is 6.05. The molecule has 1 aromatic heterocycles. The third kappa shape index (κ3) is 3.51. The van der Waals surface area contributed by atoms with Crippen LogP contribution in [0.1, 0.15) is 27.4 Å². The Morgan fingerprint density at radius 2 is 1.59 bits per heavy atom. The summed E-state index contributed by atoms with van der Waals surface area (Å²) in [6.07, 6.45) is 0. The van der Waals surface area contributed by atoms with E-state index >= 15 is 0 Å². The van der Waals surface area contributed by atoms with Crippen molar-refractivity contribution in [2.24, 2.45) is 0 Å². The molecule has 0 spiro atoms. The van der Waals surface area contributed by atoms with E-state index in [1.54, 1.807) is 24.3 Å². The molecular formula is C23H17NO3. The number of para-hydroxylation sites is 2. The number of aromatic nitrogens is 1. The van der Waals surface area contributed by atoms with Crippen LogP contribution in [0, 0.1) is 6.92 Å². The quantitative estimate of drug-likeness (QED) is 0.362. The second-order valence-electron chi connectivity index (χ2n) is 6.25. The van der Waals surface area contributed by atoms with Gasteiger partial charge in [-0.15, -0.1) is 0 Å². The van der Waals surface area contributed by atoms with E-state index in [4.69, 9.17) is 9.15 Å². The van der Waals surface area contributed by atoms with Crippen molar-refractivity contribution in [2.75, 3.05) is 0 Å². The lowest BCUT2D eigenvalue weighted by Gasteiger charge is -2.06. The summed E-state index contributed by atoms with van der Waals surface area (Å²) in [5.74, 6) is 0.578. The third-order valence-corrected chi connectivity index (χ3v) is 4.25. The van der Waals surface area contributed by atoms with Crippen molar-refractivity contribution in [1.82, 2.24) is 4.98 Å². The topological polar surface area (TPSA) is 52.3 Å². The number of carbonyl (C=O) groups excluding carboxylic acids is 1. The van der Waals surface area contributed by atoms with Crippen molar-refractivity contribution >= 4 is 22.6 Å². The molecule has 3 aromatic carbocycles. The Balaban J connectivity index is 1.51. The summed E-state index contributed by atoms with van der Waals surface area (Å²) in [7, 11) is 0. The van der Waals surface area contributed by atoms with Crippen LogP contribution in [0.25, 0.3) is 16.7 Å². The number of fused-ring (bicyclic) bond motifs is 1. The van der Waals surface area contributed by atoms with Gasteiger partial charge in [0, 0.05) is 5.57 Å². The number of oxazole rings is 1. The zero-order valence-electron chi connectivity index (χ0n) is 14.8. The zero-order valence-corrected chi connectivity index (χ0v) is 14.8. The lowest BCUT2D eigenvalue weighted by Crippen LogP contribution is -2.08. The van der Waals surface area contributed by atoms with E-state index in [0.29, 0.717) is 28.4 Å². The van der Waals surface area contributed by atoms with Crippen LogP contribution in [-0.4, -0.2) is 11.0 Å². The van der Waals surface area contributed by atoms with Gasteiger partial charge in [-0.2, -0.15) is 0 Å². The minimum absolute atomic E-state index is 0.405. The van der Waals surface area contributed by atoms with Crippen LogP contribution in [0.4, 0.5) is 0 Å². The molecule has 4 nitrogen and oxygen atoms in total. The molecule has 4 rings (SSSR count). The molecule has 0 saturated carbocycles. The molecule has 0 radical (unpaired) electrons. The average molecular weight is 355 g/mol. The number of esters is 1. The molecule has 0 aliphatic carbocycles. The van der Waals surface area contributed by atoms with Crippen molar-refractivity contribution < 1.29 is 13.9 Å². The van der Waals surface area contributed by atoms with Gasteiger partial charge in [0.05, 0.1) is 5.56 Å². The molecule has 1 heterocycles. The van der Waals surface area contributed by atoms with Gasteiger partial charge in [-0.25, -0.2) is 9.78 Å². The molecule has 0 aliphatic rings. The SMILES string of the molecule is C=C(c1ccc(C(=O)Oc2ccc(C)cc2)cc1)c1nc2ccccc2o1. The number of rotatable bonds is 4. The molecule has 0 saturated heterocycles. The molecular weight excluding hydrogens is 338 g/mol. The van der Waals surface area contributed by atoms with Gasteiger partial charge in [-0.1, -0.05) is 48.5 Å². The summed E-state index contributed by atoms with van der Waals surface area (Å²) in [5.41, 5.74) is 4.55. The highest BCUT2D eigenvalue weighted by Crippen LogP contribution is 2.25. The summed E-state index contributed by atoms with van der Waals surface area (Å²) in [5, 5.41) is 0. The number of benzene rings is 3. The molecule has 0 bridgehead atoms. The second-order valence-corrected chi connectivity index (χ2v) is 6.25. The van der Waals surface area contributed by atoms with E-state index in [1.165, 1.54) is 0 Å². The first-order valence-corrected chi connectivity index (χ1v) is 8.54. The highest BCUT2D eigenvalue weighted by atomic mass is 16.5.